The summed E-state index contributed by atoms with van der Waals surface area (Å²) in [4.78, 5) is 36.2. The largest absolute Gasteiger partial charge is 0.497 e. The van der Waals surface area contributed by atoms with E-state index in [1.54, 1.807) is 24.3 Å². The average molecular weight is 451 g/mol. The molecule has 1 aliphatic rings. The van der Waals surface area contributed by atoms with Crippen LogP contribution in [0.15, 0.2) is 54.2 Å². The number of ether oxygens (including phenoxy) is 1. The van der Waals surface area contributed by atoms with E-state index >= 15 is 0 Å². The number of methoxy groups -OCH3 is 1. The number of pyridine rings is 1. The van der Waals surface area contributed by atoms with Gasteiger partial charge in [-0.2, -0.15) is 0 Å². The normalized spacial score (nSPS) is 16.7. The number of rotatable bonds is 8. The van der Waals surface area contributed by atoms with Gasteiger partial charge < -0.3 is 19.4 Å². The van der Waals surface area contributed by atoms with E-state index in [2.05, 4.69) is 18.0 Å². The molecule has 0 aliphatic carbocycles. The highest BCUT2D eigenvalue weighted by Crippen LogP contribution is 2.23. The van der Waals surface area contributed by atoms with Crippen molar-refractivity contribution in [2.75, 3.05) is 39.2 Å². The smallest absolute Gasteiger partial charge is 0.255 e. The van der Waals surface area contributed by atoms with Crippen molar-refractivity contribution in [3.8, 4) is 5.75 Å². The van der Waals surface area contributed by atoms with Crippen LogP contribution >= 0.6 is 0 Å². The number of piperazine rings is 1. The Morgan fingerprint density at radius 1 is 1.27 bits per heavy atom. The highest BCUT2D eigenvalue weighted by Gasteiger charge is 2.35. The summed E-state index contributed by atoms with van der Waals surface area (Å²) in [6, 6.07) is 11.3. The monoisotopic (exact) mass is 450 g/mol. The highest BCUT2D eigenvalue weighted by molar-refractivity contribution is 5.97. The van der Waals surface area contributed by atoms with Crippen LogP contribution in [0.3, 0.4) is 0 Å². The Morgan fingerprint density at radius 3 is 2.70 bits per heavy atom. The Balaban J connectivity index is 1.80. The number of carbonyl (C=O) groups excluding carboxylic acids is 2. The number of anilines is 1. The average Bonchev–Trinajstić information content (AvgIpc) is 2.83. The maximum Gasteiger partial charge on any atom is 0.255 e. The fourth-order valence-electron chi connectivity index (χ4n) is 3.96. The molecular formula is C26H34N4O3. The third-order valence-corrected chi connectivity index (χ3v) is 6.11. The molecule has 176 valence electrons. The molecule has 0 saturated carbocycles. The van der Waals surface area contributed by atoms with Crippen molar-refractivity contribution in [1.82, 2.24) is 14.8 Å². The van der Waals surface area contributed by atoms with Gasteiger partial charge >= 0.3 is 0 Å². The summed E-state index contributed by atoms with van der Waals surface area (Å²) in [5, 5.41) is 0. The number of hydrogen-bond acceptors (Lipinski definition) is 5. The number of allylic oxidation sites excluding steroid dienone is 2. The minimum absolute atomic E-state index is 0.0431. The van der Waals surface area contributed by atoms with E-state index in [1.165, 1.54) is 5.57 Å². The molecule has 0 unspecified atom stereocenters. The zero-order valence-corrected chi connectivity index (χ0v) is 20.2. The summed E-state index contributed by atoms with van der Waals surface area (Å²) in [5.41, 5.74) is 2.78. The van der Waals surface area contributed by atoms with Crippen LogP contribution in [0.1, 0.15) is 42.6 Å². The summed E-state index contributed by atoms with van der Waals surface area (Å²) < 4.78 is 5.34. The third-order valence-electron chi connectivity index (χ3n) is 6.11. The van der Waals surface area contributed by atoms with E-state index in [4.69, 9.17) is 4.74 Å². The molecule has 0 N–H and O–H groups in total. The standard InChI is InChI=1S/C26H34N4O3/c1-6-19(2)10-12-22-17-29(26(32)21-11-13-24(27-15-21)28(3)4)18-25(31)30(22)16-20-8-7-9-23(14-20)33-5/h6-9,11,13-15,22H,10,12,16-18H2,1-5H3/b19-6+/t22-/m0/s1. The van der Waals surface area contributed by atoms with Gasteiger partial charge in [-0.3, -0.25) is 9.59 Å². The quantitative estimate of drug-likeness (QED) is 0.573. The minimum atomic E-state index is -0.157. The second-order valence-electron chi connectivity index (χ2n) is 8.69. The molecule has 0 radical (unpaired) electrons. The molecule has 1 aromatic carbocycles. The van der Waals surface area contributed by atoms with Crippen molar-refractivity contribution in [3.05, 3.63) is 65.4 Å². The molecule has 7 nitrogen and oxygen atoms in total. The van der Waals surface area contributed by atoms with Gasteiger partial charge in [-0.1, -0.05) is 23.8 Å². The van der Waals surface area contributed by atoms with Crippen molar-refractivity contribution in [2.24, 2.45) is 0 Å². The molecule has 2 amide bonds. The van der Waals surface area contributed by atoms with Gasteiger partial charge in [0.1, 0.15) is 18.1 Å². The summed E-state index contributed by atoms with van der Waals surface area (Å²) >= 11 is 0. The lowest BCUT2D eigenvalue weighted by molar-refractivity contribution is -0.139. The first-order valence-electron chi connectivity index (χ1n) is 11.3. The molecule has 7 heteroatoms. The first-order chi connectivity index (χ1) is 15.8. The maximum atomic E-state index is 13.2. The van der Waals surface area contributed by atoms with Crippen LogP contribution in [0, 0.1) is 0 Å². The molecular weight excluding hydrogens is 416 g/mol. The van der Waals surface area contributed by atoms with Crippen LogP contribution in [-0.2, 0) is 11.3 Å². The van der Waals surface area contributed by atoms with Crippen LogP contribution in [-0.4, -0.2) is 66.9 Å². The van der Waals surface area contributed by atoms with E-state index in [1.807, 2.05) is 61.2 Å². The third kappa shape index (κ3) is 6.12. The predicted octanol–water partition coefficient (Wildman–Crippen LogP) is 3.76. The lowest BCUT2D eigenvalue weighted by Crippen LogP contribution is -2.57. The second-order valence-corrected chi connectivity index (χ2v) is 8.69. The van der Waals surface area contributed by atoms with Gasteiger partial charge in [0, 0.05) is 33.4 Å². The zero-order chi connectivity index (χ0) is 24.0. The van der Waals surface area contributed by atoms with Gasteiger partial charge in [-0.05, 0) is 56.5 Å². The predicted molar refractivity (Wildman–Crippen MR) is 130 cm³/mol. The number of amides is 2. The van der Waals surface area contributed by atoms with Gasteiger partial charge in [0.2, 0.25) is 5.91 Å². The van der Waals surface area contributed by atoms with Crippen molar-refractivity contribution in [3.63, 3.8) is 0 Å². The second kappa shape index (κ2) is 11.0. The Morgan fingerprint density at radius 2 is 2.06 bits per heavy atom. The number of hydrogen-bond donors (Lipinski definition) is 0. The molecule has 1 aliphatic heterocycles. The van der Waals surface area contributed by atoms with Crippen molar-refractivity contribution >= 4 is 17.6 Å². The maximum absolute atomic E-state index is 13.2. The number of benzene rings is 1. The van der Waals surface area contributed by atoms with Gasteiger partial charge in [0.05, 0.1) is 18.7 Å². The number of carbonyl (C=O) groups is 2. The van der Waals surface area contributed by atoms with E-state index in [9.17, 15) is 9.59 Å². The van der Waals surface area contributed by atoms with Crippen molar-refractivity contribution < 1.29 is 14.3 Å². The fourth-order valence-corrected chi connectivity index (χ4v) is 3.96. The molecule has 1 atom stereocenters. The molecule has 1 aromatic heterocycles. The van der Waals surface area contributed by atoms with Gasteiger partial charge in [-0.25, -0.2) is 4.98 Å². The molecule has 0 spiro atoms. The first kappa shape index (κ1) is 24.3. The lowest BCUT2D eigenvalue weighted by Gasteiger charge is -2.41. The highest BCUT2D eigenvalue weighted by atomic mass is 16.5. The van der Waals surface area contributed by atoms with Crippen LogP contribution in [0.2, 0.25) is 0 Å². The molecule has 2 aromatic rings. The molecule has 1 fully saturated rings. The lowest BCUT2D eigenvalue weighted by atomic mass is 10.0. The summed E-state index contributed by atoms with van der Waals surface area (Å²) in [6.45, 7) is 5.18. The van der Waals surface area contributed by atoms with E-state index < -0.39 is 0 Å². The minimum Gasteiger partial charge on any atom is -0.497 e. The van der Waals surface area contributed by atoms with Crippen LogP contribution in [0.25, 0.3) is 0 Å². The SMILES string of the molecule is C/C=C(\C)CC[C@H]1CN(C(=O)c2ccc(N(C)C)nc2)CC(=O)N1Cc1cccc(OC)c1. The number of nitrogens with zero attached hydrogens (tertiary/aromatic N) is 4. The molecule has 0 bridgehead atoms. The Bertz CT molecular complexity index is 1000. The Labute approximate surface area is 196 Å². The molecule has 3 rings (SSSR count). The van der Waals surface area contributed by atoms with Gasteiger partial charge in [0.25, 0.3) is 5.91 Å². The fraction of sp³-hybridized carbons (Fsp3) is 0.423. The van der Waals surface area contributed by atoms with Crippen LogP contribution in [0.5, 0.6) is 5.75 Å². The Kier molecular flexibility index (Phi) is 8.09. The first-order valence-corrected chi connectivity index (χ1v) is 11.3. The van der Waals surface area contributed by atoms with Crippen molar-refractivity contribution in [2.45, 2.75) is 39.3 Å². The van der Waals surface area contributed by atoms with Crippen molar-refractivity contribution in [1.29, 1.82) is 0 Å². The molecule has 33 heavy (non-hydrogen) atoms. The summed E-state index contributed by atoms with van der Waals surface area (Å²) in [7, 11) is 5.44. The summed E-state index contributed by atoms with van der Waals surface area (Å²) in [5.74, 6) is 1.35. The van der Waals surface area contributed by atoms with Gasteiger partial charge in [-0.15, -0.1) is 0 Å². The van der Waals surface area contributed by atoms with E-state index in [0.717, 1.165) is 30.0 Å². The zero-order valence-electron chi connectivity index (χ0n) is 20.2. The molecule has 1 saturated heterocycles. The summed E-state index contributed by atoms with van der Waals surface area (Å²) in [6.07, 6.45) is 5.36. The molecule has 2 heterocycles. The van der Waals surface area contributed by atoms with Crippen LogP contribution < -0.4 is 9.64 Å². The number of aromatic nitrogens is 1. The van der Waals surface area contributed by atoms with Crippen LogP contribution in [0.4, 0.5) is 5.82 Å². The van der Waals surface area contributed by atoms with Gasteiger partial charge in [0.15, 0.2) is 0 Å². The Hall–Kier alpha value is -3.35. The van der Waals surface area contributed by atoms with E-state index in [0.29, 0.717) is 18.7 Å². The topological polar surface area (TPSA) is 66.0 Å². The van der Waals surface area contributed by atoms with E-state index in [-0.39, 0.29) is 24.4 Å².